The van der Waals surface area contributed by atoms with Crippen molar-refractivity contribution in [1.29, 1.82) is 0 Å². The lowest BCUT2D eigenvalue weighted by molar-refractivity contribution is -0.0399. The largest absolute Gasteiger partial charge is 0.309 e. The summed E-state index contributed by atoms with van der Waals surface area (Å²) in [5, 5.41) is 2.64. The van der Waals surface area contributed by atoms with E-state index in [2.05, 4.69) is 160 Å². The van der Waals surface area contributed by atoms with Crippen LogP contribution in [0, 0.1) is 30.6 Å². The Morgan fingerprint density at radius 3 is 1.85 bits per heavy atom. The Hall–Kier alpha value is -4.88. The third-order valence-electron chi connectivity index (χ3n) is 14.0. The molecule has 1 heterocycles. The first-order valence-corrected chi connectivity index (χ1v) is 19.8. The van der Waals surface area contributed by atoms with Crippen LogP contribution in [-0.2, 0) is 10.8 Å². The summed E-state index contributed by atoms with van der Waals surface area (Å²) in [6, 6.07) is 49.1. The molecule has 6 aromatic carbocycles. The lowest BCUT2D eigenvalue weighted by Crippen LogP contribution is -2.55. The topological polar surface area (TPSA) is 4.93 Å². The number of hydrogen-bond acceptors (Lipinski definition) is 0. The lowest BCUT2D eigenvalue weighted by atomic mass is 9.43. The molecule has 0 saturated heterocycles. The van der Waals surface area contributed by atoms with Gasteiger partial charge >= 0.3 is 0 Å². The van der Waals surface area contributed by atoms with Crippen molar-refractivity contribution in [2.75, 3.05) is 0 Å². The molecule has 4 fully saturated rings. The van der Waals surface area contributed by atoms with E-state index in [0.717, 1.165) is 23.7 Å². The summed E-state index contributed by atoms with van der Waals surface area (Å²) >= 11 is 0. The van der Waals surface area contributed by atoms with E-state index in [9.17, 15) is 0 Å². The first kappa shape index (κ1) is 30.7. The number of aromatic nitrogens is 1. The van der Waals surface area contributed by atoms with E-state index in [4.69, 9.17) is 0 Å². The number of hydrogen-bond donors (Lipinski definition) is 0. The summed E-state index contributed by atoms with van der Waals surface area (Å²) in [5.74, 6) is 3.49. The van der Waals surface area contributed by atoms with Crippen LogP contribution in [0.4, 0.5) is 0 Å². The Labute approximate surface area is 308 Å². The summed E-state index contributed by atoms with van der Waals surface area (Å²) in [7, 11) is 0. The molecular formula is C51H47N. The molecular weight excluding hydrogens is 627 g/mol. The zero-order valence-corrected chi connectivity index (χ0v) is 30.9. The van der Waals surface area contributed by atoms with Gasteiger partial charge in [0, 0.05) is 21.9 Å². The third-order valence-corrected chi connectivity index (χ3v) is 14.0. The summed E-state index contributed by atoms with van der Waals surface area (Å²) in [5.41, 5.74) is 18.2. The molecule has 5 aliphatic rings. The number of benzene rings is 6. The highest BCUT2D eigenvalue weighted by atomic mass is 15.0. The van der Waals surface area contributed by atoms with Crippen LogP contribution in [0.25, 0.3) is 60.9 Å². The van der Waals surface area contributed by atoms with Crippen molar-refractivity contribution in [3.05, 3.63) is 150 Å². The molecule has 0 N–H and O–H groups in total. The summed E-state index contributed by atoms with van der Waals surface area (Å²) in [6.45, 7) is 9.26. The molecule has 4 bridgehead atoms. The molecule has 1 heteroatoms. The summed E-state index contributed by atoms with van der Waals surface area (Å²) in [6.07, 6.45) is 7.19. The minimum atomic E-state index is 0.0666. The second-order valence-corrected chi connectivity index (χ2v) is 17.9. The van der Waals surface area contributed by atoms with E-state index in [0.29, 0.717) is 0 Å². The second-order valence-electron chi connectivity index (χ2n) is 17.9. The first-order chi connectivity index (χ1) is 25.3. The Morgan fingerprint density at radius 2 is 1.13 bits per heavy atom. The monoisotopic (exact) mass is 673 g/mol. The molecule has 256 valence electrons. The van der Waals surface area contributed by atoms with Crippen molar-refractivity contribution in [2.24, 2.45) is 23.7 Å². The molecule has 0 atom stereocenters. The van der Waals surface area contributed by atoms with Crippen LogP contribution in [-0.4, -0.2) is 4.57 Å². The highest BCUT2D eigenvalue weighted by molar-refractivity contribution is 6.11. The Balaban J connectivity index is 1.07. The molecule has 0 radical (unpaired) electrons. The van der Waals surface area contributed by atoms with Crippen molar-refractivity contribution in [3.8, 4) is 39.1 Å². The van der Waals surface area contributed by atoms with Crippen LogP contribution in [0.2, 0.25) is 0 Å². The van der Waals surface area contributed by atoms with Gasteiger partial charge in [-0.2, -0.15) is 0 Å². The molecule has 4 saturated carbocycles. The Kier molecular flexibility index (Phi) is 6.40. The molecule has 1 aromatic heterocycles. The fourth-order valence-electron chi connectivity index (χ4n) is 11.9. The van der Waals surface area contributed by atoms with Gasteiger partial charge in [0.2, 0.25) is 0 Å². The quantitative estimate of drug-likeness (QED) is 0.176. The summed E-state index contributed by atoms with van der Waals surface area (Å²) < 4.78 is 2.47. The predicted octanol–water partition coefficient (Wildman–Crippen LogP) is 13.4. The zero-order valence-electron chi connectivity index (χ0n) is 30.9. The maximum absolute atomic E-state index is 2.58. The van der Waals surface area contributed by atoms with Gasteiger partial charge in [-0.1, -0.05) is 111 Å². The van der Waals surface area contributed by atoms with Crippen LogP contribution >= 0.6 is 0 Å². The van der Waals surface area contributed by atoms with Gasteiger partial charge in [-0.05, 0) is 161 Å². The van der Waals surface area contributed by atoms with Crippen LogP contribution in [0.15, 0.2) is 127 Å². The molecule has 0 unspecified atom stereocenters. The lowest BCUT2D eigenvalue weighted by Gasteiger charge is -2.61. The normalized spacial score (nSPS) is 24.2. The highest BCUT2D eigenvalue weighted by Gasteiger charge is 2.61. The van der Waals surface area contributed by atoms with Gasteiger partial charge in [0.25, 0.3) is 0 Å². The van der Waals surface area contributed by atoms with Crippen molar-refractivity contribution >= 4 is 21.8 Å². The van der Waals surface area contributed by atoms with Gasteiger partial charge in [-0.25, -0.2) is 0 Å². The average Bonchev–Trinajstić information content (AvgIpc) is 3.62. The van der Waals surface area contributed by atoms with E-state index in [1.165, 1.54) is 104 Å². The minimum absolute atomic E-state index is 0.0666. The SMILES string of the molecule is Cc1ccc2c(c1)C1(c3ccc(-c4ccc5c(c4)c4cc(C(C)(C)C)ccc4n5-c4ccc(-c5ccccc5)cc4)cc3-2)C2CC3CC(C2)CC1C3. The molecule has 0 aliphatic heterocycles. The molecule has 1 spiro atoms. The molecule has 5 aliphatic carbocycles. The van der Waals surface area contributed by atoms with E-state index in [1.54, 1.807) is 11.1 Å². The van der Waals surface area contributed by atoms with Crippen molar-refractivity contribution < 1.29 is 0 Å². The molecule has 52 heavy (non-hydrogen) atoms. The highest BCUT2D eigenvalue weighted by Crippen LogP contribution is 2.69. The number of fused-ring (bicyclic) bond motifs is 6. The number of aryl methyl sites for hydroxylation is 1. The average molecular weight is 674 g/mol. The number of nitrogens with zero attached hydrogens (tertiary/aromatic N) is 1. The fraction of sp³-hybridized carbons (Fsp3) is 0.294. The van der Waals surface area contributed by atoms with E-state index in [-0.39, 0.29) is 10.8 Å². The van der Waals surface area contributed by atoms with Gasteiger partial charge in [-0.15, -0.1) is 0 Å². The van der Waals surface area contributed by atoms with Gasteiger partial charge in [0.05, 0.1) is 11.0 Å². The Morgan fingerprint density at radius 1 is 0.519 bits per heavy atom. The second kappa shape index (κ2) is 10.8. The van der Waals surface area contributed by atoms with Gasteiger partial charge in [0.15, 0.2) is 0 Å². The molecule has 12 rings (SSSR count). The molecule has 0 amide bonds. The zero-order chi connectivity index (χ0) is 34.9. The van der Waals surface area contributed by atoms with Crippen LogP contribution in [0.3, 0.4) is 0 Å². The van der Waals surface area contributed by atoms with Crippen molar-refractivity contribution in [3.63, 3.8) is 0 Å². The van der Waals surface area contributed by atoms with Crippen LogP contribution in [0.1, 0.15) is 75.1 Å². The predicted molar refractivity (Wildman–Crippen MR) is 218 cm³/mol. The molecule has 7 aromatic rings. The summed E-state index contributed by atoms with van der Waals surface area (Å²) in [4.78, 5) is 0. The van der Waals surface area contributed by atoms with E-state index in [1.807, 2.05) is 0 Å². The van der Waals surface area contributed by atoms with E-state index >= 15 is 0 Å². The Bertz CT molecular complexity index is 2530. The van der Waals surface area contributed by atoms with Gasteiger partial charge < -0.3 is 4.57 Å². The maximum Gasteiger partial charge on any atom is 0.0541 e. The molecule has 1 nitrogen and oxygen atoms in total. The van der Waals surface area contributed by atoms with Crippen LogP contribution in [0.5, 0.6) is 0 Å². The first-order valence-electron chi connectivity index (χ1n) is 19.8. The number of rotatable bonds is 3. The van der Waals surface area contributed by atoms with Crippen molar-refractivity contribution in [1.82, 2.24) is 4.57 Å². The maximum atomic E-state index is 2.58. The minimum Gasteiger partial charge on any atom is -0.309 e. The van der Waals surface area contributed by atoms with Gasteiger partial charge in [0.1, 0.15) is 0 Å². The third kappa shape index (κ3) is 4.29. The van der Waals surface area contributed by atoms with Crippen molar-refractivity contribution in [2.45, 2.75) is 70.6 Å². The van der Waals surface area contributed by atoms with E-state index < -0.39 is 0 Å². The fourth-order valence-corrected chi connectivity index (χ4v) is 11.9. The standard InChI is InChI=1S/C51H47N/c1-31-10-18-42-43-28-36(13-19-46(43)51(47(42)22-31)39-24-32-23-33(26-39)27-40(51)25-32)37-14-20-48-44(29-37)45-30-38(50(2,3)4)15-21-49(45)52(48)41-16-11-35(12-17-41)34-8-6-5-7-9-34/h5-22,28-30,32-33,39-40H,23-27H2,1-4H3. The smallest absolute Gasteiger partial charge is 0.0541 e. The van der Waals surface area contributed by atoms with Crippen LogP contribution < -0.4 is 0 Å². The van der Waals surface area contributed by atoms with Gasteiger partial charge in [-0.3, -0.25) is 0 Å².